The van der Waals surface area contributed by atoms with E-state index in [2.05, 4.69) is 6.07 Å². The van der Waals surface area contributed by atoms with Gasteiger partial charge in [0.2, 0.25) is 0 Å². The summed E-state index contributed by atoms with van der Waals surface area (Å²) in [5, 5.41) is 10.9. The molecule has 0 amide bonds. The molecule has 1 saturated carbocycles. The smallest absolute Gasteiger partial charge is 0.136 e. The van der Waals surface area contributed by atoms with Crippen molar-refractivity contribution >= 4 is 17.1 Å². The first-order chi connectivity index (χ1) is 5.77. The number of hydrogen-bond acceptors (Lipinski definition) is 3. The minimum atomic E-state index is -0.467. The topological polar surface area (TPSA) is 40.9 Å². The number of rotatable bonds is 1. The van der Waals surface area contributed by atoms with Gasteiger partial charge in [-0.1, -0.05) is 6.07 Å². The largest absolute Gasteiger partial charge is 0.300 e. The van der Waals surface area contributed by atoms with Crippen LogP contribution in [-0.2, 0) is 10.2 Å². The first-order valence-corrected chi connectivity index (χ1v) is 4.62. The van der Waals surface area contributed by atoms with Gasteiger partial charge in [-0.05, 0) is 11.4 Å². The van der Waals surface area contributed by atoms with Gasteiger partial charge < -0.3 is 0 Å². The number of hydrogen-bond donors (Lipinski definition) is 0. The van der Waals surface area contributed by atoms with E-state index in [0.717, 1.165) is 4.88 Å². The lowest BCUT2D eigenvalue weighted by Crippen LogP contribution is -2.39. The van der Waals surface area contributed by atoms with E-state index in [4.69, 9.17) is 5.26 Å². The van der Waals surface area contributed by atoms with Crippen molar-refractivity contribution in [3.8, 4) is 6.07 Å². The second-order valence-electron chi connectivity index (χ2n) is 3.06. The Balaban J connectivity index is 2.34. The average molecular weight is 177 g/mol. The predicted octanol–water partition coefficient (Wildman–Crippen LogP) is 1.87. The Morgan fingerprint density at radius 2 is 2.33 bits per heavy atom. The van der Waals surface area contributed by atoms with Crippen LogP contribution in [0.4, 0.5) is 0 Å². The summed E-state index contributed by atoms with van der Waals surface area (Å²) >= 11 is 1.56. The van der Waals surface area contributed by atoms with Gasteiger partial charge in [-0.25, -0.2) is 0 Å². The Morgan fingerprint density at radius 3 is 2.75 bits per heavy atom. The Kier molecular flexibility index (Phi) is 1.52. The quantitative estimate of drug-likeness (QED) is 0.657. The average Bonchev–Trinajstić information content (AvgIpc) is 2.50. The minimum absolute atomic E-state index is 0.199. The highest BCUT2D eigenvalue weighted by molar-refractivity contribution is 7.10. The Bertz CT molecular complexity index is 339. The number of carbonyl (C=O) groups excluding carboxylic acids is 1. The van der Waals surface area contributed by atoms with Crippen LogP contribution in [0.2, 0.25) is 0 Å². The Hall–Kier alpha value is -1.14. The molecule has 1 aromatic rings. The zero-order valence-electron chi connectivity index (χ0n) is 6.41. The maximum atomic E-state index is 10.8. The van der Waals surface area contributed by atoms with Gasteiger partial charge in [0.1, 0.15) is 11.2 Å². The molecule has 1 aromatic heterocycles. The maximum absolute atomic E-state index is 10.8. The van der Waals surface area contributed by atoms with Crippen molar-refractivity contribution in [2.45, 2.75) is 18.3 Å². The van der Waals surface area contributed by atoms with Crippen LogP contribution in [0, 0.1) is 11.3 Å². The molecule has 60 valence electrons. The van der Waals surface area contributed by atoms with Crippen molar-refractivity contribution in [1.82, 2.24) is 0 Å². The summed E-state index contributed by atoms with van der Waals surface area (Å²) in [6.45, 7) is 0. The molecule has 0 aromatic carbocycles. The van der Waals surface area contributed by atoms with E-state index in [1.807, 2.05) is 17.5 Å². The predicted molar refractivity (Wildman–Crippen MR) is 45.9 cm³/mol. The van der Waals surface area contributed by atoms with Gasteiger partial charge in [-0.15, -0.1) is 11.3 Å². The van der Waals surface area contributed by atoms with Crippen LogP contribution in [-0.4, -0.2) is 5.78 Å². The van der Waals surface area contributed by atoms with Crippen molar-refractivity contribution in [3.05, 3.63) is 22.4 Å². The highest BCUT2D eigenvalue weighted by atomic mass is 32.1. The zero-order chi connectivity index (χ0) is 8.60. The van der Waals surface area contributed by atoms with Crippen LogP contribution in [0.15, 0.2) is 17.5 Å². The summed E-state index contributed by atoms with van der Waals surface area (Å²) in [7, 11) is 0. The lowest BCUT2D eigenvalue weighted by Gasteiger charge is -2.32. The third-order valence-electron chi connectivity index (χ3n) is 2.20. The fourth-order valence-electron chi connectivity index (χ4n) is 1.48. The standard InChI is InChI=1S/C9H7NOS/c10-6-9(4-7(11)5-9)8-2-1-3-12-8/h1-3H,4-5H2. The molecule has 1 heterocycles. The number of nitrogens with zero attached hydrogens (tertiary/aromatic N) is 1. The normalized spacial score (nSPS) is 19.8. The summed E-state index contributed by atoms with van der Waals surface area (Å²) in [6.07, 6.45) is 0.814. The van der Waals surface area contributed by atoms with Gasteiger partial charge in [0.05, 0.1) is 6.07 Å². The molecule has 0 spiro atoms. The molecule has 0 unspecified atom stereocenters. The lowest BCUT2D eigenvalue weighted by atomic mass is 9.68. The Morgan fingerprint density at radius 1 is 1.58 bits per heavy atom. The van der Waals surface area contributed by atoms with Gasteiger partial charge >= 0.3 is 0 Å². The maximum Gasteiger partial charge on any atom is 0.136 e. The number of ketones is 1. The van der Waals surface area contributed by atoms with Crippen molar-refractivity contribution < 1.29 is 4.79 Å². The van der Waals surface area contributed by atoms with Gasteiger partial charge in [-0.3, -0.25) is 4.79 Å². The highest BCUT2D eigenvalue weighted by Gasteiger charge is 2.46. The van der Waals surface area contributed by atoms with Crippen LogP contribution >= 0.6 is 11.3 Å². The molecule has 0 aliphatic heterocycles. The monoisotopic (exact) mass is 177 g/mol. The van der Waals surface area contributed by atoms with Crippen LogP contribution in [0.3, 0.4) is 0 Å². The molecule has 1 aliphatic rings. The lowest BCUT2D eigenvalue weighted by molar-refractivity contribution is -0.126. The van der Waals surface area contributed by atoms with Crippen LogP contribution in [0.1, 0.15) is 17.7 Å². The van der Waals surface area contributed by atoms with E-state index < -0.39 is 5.41 Å². The first kappa shape index (κ1) is 7.51. The van der Waals surface area contributed by atoms with Crippen molar-refractivity contribution in [1.29, 1.82) is 5.26 Å². The molecule has 1 aliphatic carbocycles. The summed E-state index contributed by atoms with van der Waals surface area (Å²) in [5.41, 5.74) is -0.467. The second kappa shape index (κ2) is 2.43. The molecule has 0 saturated heterocycles. The summed E-state index contributed by atoms with van der Waals surface area (Å²) in [4.78, 5) is 11.9. The SMILES string of the molecule is N#CC1(c2cccs2)CC(=O)C1. The fourth-order valence-corrected chi connectivity index (χ4v) is 2.36. The molecule has 0 radical (unpaired) electrons. The summed E-state index contributed by atoms with van der Waals surface area (Å²) in [5.74, 6) is 0.199. The second-order valence-corrected chi connectivity index (χ2v) is 4.01. The minimum Gasteiger partial charge on any atom is -0.300 e. The van der Waals surface area contributed by atoms with E-state index >= 15 is 0 Å². The van der Waals surface area contributed by atoms with Gasteiger partial charge in [-0.2, -0.15) is 5.26 Å². The molecule has 1 fully saturated rings. The van der Waals surface area contributed by atoms with E-state index in [9.17, 15) is 4.79 Å². The number of carbonyl (C=O) groups is 1. The number of Topliss-reactive ketones (excluding diaryl/α,β-unsaturated/α-hetero) is 1. The molecule has 2 rings (SSSR count). The highest BCUT2D eigenvalue weighted by Crippen LogP contribution is 2.42. The van der Waals surface area contributed by atoms with Crippen LogP contribution in [0.5, 0.6) is 0 Å². The molecule has 0 atom stereocenters. The van der Waals surface area contributed by atoms with Gasteiger partial charge in [0.25, 0.3) is 0 Å². The molecular weight excluding hydrogens is 170 g/mol. The summed E-state index contributed by atoms with van der Waals surface area (Å²) in [6, 6.07) is 6.09. The Labute approximate surface area is 74.4 Å². The number of thiophene rings is 1. The van der Waals surface area contributed by atoms with E-state index in [1.165, 1.54) is 0 Å². The summed E-state index contributed by atoms with van der Waals surface area (Å²) < 4.78 is 0. The fraction of sp³-hybridized carbons (Fsp3) is 0.333. The number of nitriles is 1. The molecular formula is C9H7NOS. The molecule has 0 bridgehead atoms. The zero-order valence-corrected chi connectivity index (χ0v) is 7.23. The van der Waals surface area contributed by atoms with E-state index in [0.29, 0.717) is 12.8 Å². The first-order valence-electron chi connectivity index (χ1n) is 3.74. The molecule has 12 heavy (non-hydrogen) atoms. The molecule has 0 N–H and O–H groups in total. The van der Waals surface area contributed by atoms with Crippen molar-refractivity contribution in [2.24, 2.45) is 0 Å². The van der Waals surface area contributed by atoms with Crippen LogP contribution < -0.4 is 0 Å². The van der Waals surface area contributed by atoms with Gasteiger partial charge in [0.15, 0.2) is 0 Å². The van der Waals surface area contributed by atoms with Crippen molar-refractivity contribution in [2.75, 3.05) is 0 Å². The third kappa shape index (κ3) is 0.886. The third-order valence-corrected chi connectivity index (χ3v) is 3.28. The van der Waals surface area contributed by atoms with Crippen molar-refractivity contribution in [3.63, 3.8) is 0 Å². The molecule has 2 nitrogen and oxygen atoms in total. The van der Waals surface area contributed by atoms with E-state index in [1.54, 1.807) is 11.3 Å². The van der Waals surface area contributed by atoms with E-state index in [-0.39, 0.29) is 5.78 Å². The van der Waals surface area contributed by atoms with Gasteiger partial charge in [0, 0.05) is 17.7 Å². The molecule has 3 heteroatoms. The van der Waals surface area contributed by atoms with Crippen LogP contribution in [0.25, 0.3) is 0 Å².